The molecule has 2 rings (SSSR count). The van der Waals surface area contributed by atoms with E-state index in [2.05, 4.69) is 5.16 Å². The molecule has 0 unspecified atom stereocenters. The second-order valence-electron chi connectivity index (χ2n) is 3.50. The second kappa shape index (κ2) is 5.84. The summed E-state index contributed by atoms with van der Waals surface area (Å²) in [6.07, 6.45) is 0. The average molecular weight is 285 g/mol. The van der Waals surface area contributed by atoms with E-state index >= 15 is 0 Å². The molecule has 1 heterocycles. The summed E-state index contributed by atoms with van der Waals surface area (Å²) >= 11 is 7.37. The Balaban J connectivity index is 1.98. The highest BCUT2D eigenvalue weighted by Gasteiger charge is 2.03. The van der Waals surface area contributed by atoms with Gasteiger partial charge in [0.15, 0.2) is 5.84 Å². The van der Waals surface area contributed by atoms with E-state index in [-0.39, 0.29) is 12.4 Å². The lowest BCUT2D eigenvalue weighted by Gasteiger charge is -2.03. The van der Waals surface area contributed by atoms with E-state index in [1.165, 1.54) is 23.5 Å². The molecule has 0 amide bonds. The van der Waals surface area contributed by atoms with Gasteiger partial charge in [-0.2, -0.15) is 11.3 Å². The molecule has 0 saturated carbocycles. The monoisotopic (exact) mass is 284 g/mol. The maximum absolute atomic E-state index is 12.8. The first-order chi connectivity index (χ1) is 8.66. The lowest BCUT2D eigenvalue weighted by atomic mass is 10.2. The van der Waals surface area contributed by atoms with Gasteiger partial charge in [0.2, 0.25) is 0 Å². The van der Waals surface area contributed by atoms with Gasteiger partial charge in [0.25, 0.3) is 0 Å². The molecule has 1 aromatic heterocycles. The van der Waals surface area contributed by atoms with Gasteiger partial charge in [-0.25, -0.2) is 4.39 Å². The van der Waals surface area contributed by atoms with Crippen LogP contribution in [0.1, 0.15) is 11.1 Å². The van der Waals surface area contributed by atoms with Crippen molar-refractivity contribution in [1.29, 1.82) is 0 Å². The van der Waals surface area contributed by atoms with Crippen molar-refractivity contribution in [1.82, 2.24) is 0 Å². The van der Waals surface area contributed by atoms with Gasteiger partial charge in [-0.1, -0.05) is 22.8 Å². The molecule has 2 N–H and O–H groups in total. The number of nitrogens with zero attached hydrogens (tertiary/aromatic N) is 1. The molecule has 0 bridgehead atoms. The molecule has 0 atom stereocenters. The van der Waals surface area contributed by atoms with Gasteiger partial charge in [-0.15, -0.1) is 0 Å². The molecule has 0 spiro atoms. The first kappa shape index (κ1) is 12.9. The van der Waals surface area contributed by atoms with Crippen LogP contribution in [-0.4, -0.2) is 5.84 Å². The van der Waals surface area contributed by atoms with Gasteiger partial charge in [-0.3, -0.25) is 0 Å². The third kappa shape index (κ3) is 3.21. The minimum Gasteiger partial charge on any atom is -0.389 e. The number of hydrogen-bond acceptors (Lipinski definition) is 3. The lowest BCUT2D eigenvalue weighted by molar-refractivity contribution is 0.130. The van der Waals surface area contributed by atoms with Crippen molar-refractivity contribution >= 4 is 28.8 Å². The molecule has 0 aliphatic carbocycles. The highest BCUT2D eigenvalue weighted by molar-refractivity contribution is 7.08. The van der Waals surface area contributed by atoms with E-state index in [9.17, 15) is 4.39 Å². The van der Waals surface area contributed by atoms with Gasteiger partial charge in [-0.05, 0) is 23.6 Å². The van der Waals surface area contributed by atoms with Crippen LogP contribution in [-0.2, 0) is 11.4 Å². The predicted octanol–water partition coefficient (Wildman–Crippen LogP) is 3.38. The van der Waals surface area contributed by atoms with Crippen molar-refractivity contribution in [2.75, 3.05) is 0 Å². The molecule has 0 fully saturated rings. The molecule has 0 saturated heterocycles. The van der Waals surface area contributed by atoms with Gasteiger partial charge in [0.1, 0.15) is 12.4 Å². The lowest BCUT2D eigenvalue weighted by Crippen LogP contribution is -2.12. The van der Waals surface area contributed by atoms with Crippen LogP contribution in [0.15, 0.2) is 40.2 Å². The number of amidine groups is 1. The first-order valence-corrected chi connectivity index (χ1v) is 6.41. The number of oxime groups is 1. The quantitative estimate of drug-likeness (QED) is 0.531. The Morgan fingerprint density at radius 2 is 2.28 bits per heavy atom. The molecule has 3 nitrogen and oxygen atoms in total. The zero-order valence-electron chi connectivity index (χ0n) is 9.27. The van der Waals surface area contributed by atoms with Crippen molar-refractivity contribution in [3.8, 4) is 0 Å². The number of hydrogen-bond donors (Lipinski definition) is 1. The predicted molar refractivity (Wildman–Crippen MR) is 71.2 cm³/mol. The molecule has 94 valence electrons. The molecule has 18 heavy (non-hydrogen) atoms. The highest BCUT2D eigenvalue weighted by atomic mass is 35.5. The molecular formula is C12H10ClFN2OS. The summed E-state index contributed by atoms with van der Waals surface area (Å²) in [6, 6.07) is 5.94. The normalized spacial score (nSPS) is 11.6. The van der Waals surface area contributed by atoms with Crippen molar-refractivity contribution in [2.45, 2.75) is 6.61 Å². The fourth-order valence-electron chi connectivity index (χ4n) is 1.27. The molecule has 0 aliphatic heterocycles. The summed E-state index contributed by atoms with van der Waals surface area (Å²) in [7, 11) is 0. The largest absolute Gasteiger partial charge is 0.389 e. The number of thiophene rings is 1. The Morgan fingerprint density at radius 1 is 1.44 bits per heavy atom. The first-order valence-electron chi connectivity index (χ1n) is 5.09. The standard InChI is InChI=1S/C12H10ClFN2OS/c13-11-5-10(14)2-1-8(11)6-17-16-12(15)9-3-4-18-7-9/h1-5,7H,6H2,(H2,15,16). The van der Waals surface area contributed by atoms with Gasteiger partial charge in [0, 0.05) is 16.5 Å². The fourth-order valence-corrected chi connectivity index (χ4v) is 2.14. The van der Waals surface area contributed by atoms with Crippen LogP contribution in [0.25, 0.3) is 0 Å². The van der Waals surface area contributed by atoms with Crippen LogP contribution in [0.4, 0.5) is 4.39 Å². The molecule has 6 heteroatoms. The van der Waals surface area contributed by atoms with E-state index < -0.39 is 0 Å². The summed E-state index contributed by atoms with van der Waals surface area (Å²) < 4.78 is 12.8. The molecule has 0 aliphatic rings. The van der Waals surface area contributed by atoms with Crippen molar-refractivity contribution in [3.05, 3.63) is 57.0 Å². The van der Waals surface area contributed by atoms with Gasteiger partial charge in [0.05, 0.1) is 5.02 Å². The number of halogens is 2. The van der Waals surface area contributed by atoms with Crippen LogP contribution >= 0.6 is 22.9 Å². The summed E-state index contributed by atoms with van der Waals surface area (Å²) in [5.41, 5.74) is 7.17. The zero-order valence-corrected chi connectivity index (χ0v) is 10.8. The maximum Gasteiger partial charge on any atom is 0.171 e. The van der Waals surface area contributed by atoms with E-state index in [1.54, 1.807) is 6.07 Å². The Morgan fingerprint density at radius 3 is 2.94 bits per heavy atom. The summed E-state index contributed by atoms with van der Waals surface area (Å²) in [6.45, 7) is 0.143. The summed E-state index contributed by atoms with van der Waals surface area (Å²) in [5, 5.41) is 7.84. The van der Waals surface area contributed by atoms with Crippen LogP contribution in [0, 0.1) is 5.82 Å². The highest BCUT2D eigenvalue weighted by Crippen LogP contribution is 2.18. The van der Waals surface area contributed by atoms with Crippen LogP contribution in [0.2, 0.25) is 5.02 Å². The third-order valence-corrected chi connectivity index (χ3v) is 3.25. The molecule has 2 aromatic rings. The zero-order chi connectivity index (χ0) is 13.0. The summed E-state index contributed by atoms with van der Waals surface area (Å²) in [5.74, 6) is -0.0838. The minimum atomic E-state index is -0.384. The van der Waals surface area contributed by atoms with E-state index in [0.29, 0.717) is 16.4 Å². The minimum absolute atomic E-state index is 0.143. The smallest absolute Gasteiger partial charge is 0.171 e. The average Bonchev–Trinajstić information content (AvgIpc) is 2.85. The Hall–Kier alpha value is -1.59. The third-order valence-electron chi connectivity index (χ3n) is 2.22. The van der Waals surface area contributed by atoms with Gasteiger partial charge >= 0.3 is 0 Å². The SMILES string of the molecule is NC(=NOCc1ccc(F)cc1Cl)c1ccsc1. The van der Waals surface area contributed by atoms with Crippen molar-refractivity contribution in [2.24, 2.45) is 10.9 Å². The van der Waals surface area contributed by atoms with E-state index in [1.807, 2.05) is 16.8 Å². The number of benzene rings is 1. The Bertz CT molecular complexity index is 557. The number of rotatable bonds is 4. The number of nitrogens with two attached hydrogens (primary N) is 1. The fraction of sp³-hybridized carbons (Fsp3) is 0.0833. The Labute approximate surface area is 113 Å². The van der Waals surface area contributed by atoms with E-state index in [0.717, 1.165) is 5.56 Å². The van der Waals surface area contributed by atoms with Crippen LogP contribution in [0.3, 0.4) is 0 Å². The maximum atomic E-state index is 12.8. The molecular weight excluding hydrogens is 275 g/mol. The Kier molecular flexibility index (Phi) is 4.17. The second-order valence-corrected chi connectivity index (χ2v) is 4.68. The van der Waals surface area contributed by atoms with Crippen molar-refractivity contribution in [3.63, 3.8) is 0 Å². The molecule has 1 aromatic carbocycles. The topological polar surface area (TPSA) is 47.6 Å². The van der Waals surface area contributed by atoms with Gasteiger partial charge < -0.3 is 10.6 Å². The van der Waals surface area contributed by atoms with Crippen molar-refractivity contribution < 1.29 is 9.23 Å². The van der Waals surface area contributed by atoms with Crippen LogP contribution < -0.4 is 5.73 Å². The van der Waals surface area contributed by atoms with Crippen LogP contribution in [0.5, 0.6) is 0 Å². The molecule has 0 radical (unpaired) electrons. The summed E-state index contributed by atoms with van der Waals surface area (Å²) in [4.78, 5) is 5.09. The van der Waals surface area contributed by atoms with E-state index in [4.69, 9.17) is 22.2 Å².